The Hall–Kier alpha value is -2.52. The zero-order chi connectivity index (χ0) is 18.1. The average molecular weight is 388 g/mol. The number of nitrogens with zero attached hydrogens (tertiary/aromatic N) is 4. The molecule has 1 atom stereocenters. The zero-order valence-electron chi connectivity index (χ0n) is 13.4. The van der Waals surface area contributed by atoms with Crippen LogP contribution in [0.4, 0.5) is 10.8 Å². The summed E-state index contributed by atoms with van der Waals surface area (Å²) in [6.45, 7) is 0.361. The lowest BCUT2D eigenvalue weighted by atomic mass is 10.1. The van der Waals surface area contributed by atoms with Gasteiger partial charge in [-0.15, -0.1) is 10.2 Å². The third-order valence-corrected chi connectivity index (χ3v) is 4.90. The number of carbonyl (C=O) groups is 1. The van der Waals surface area contributed by atoms with Crippen molar-refractivity contribution < 1.29 is 10.0 Å². The second kappa shape index (κ2) is 7.00. The number of para-hydroxylation sites is 1. The molecule has 3 aromatic rings. The standard InChI is InChI=1S/C17H14ClN5O2S/c18-12-5-3-4-11(8-12)9-22-14-7-2-1-6-13(14)15(16(22)24)23(25)21-17-20-19-10-26-17/h1-8,10,15,25H,9H2,(H,20,21). The van der Waals surface area contributed by atoms with E-state index in [0.717, 1.165) is 16.4 Å². The summed E-state index contributed by atoms with van der Waals surface area (Å²) in [6, 6.07) is 13.9. The Bertz CT molecular complexity index is 936. The number of nitrogens with one attached hydrogen (secondary N) is 1. The van der Waals surface area contributed by atoms with Crippen LogP contribution in [0.1, 0.15) is 17.2 Å². The molecule has 0 aliphatic carbocycles. The summed E-state index contributed by atoms with van der Waals surface area (Å²) in [7, 11) is 0. The summed E-state index contributed by atoms with van der Waals surface area (Å²) in [5.74, 6) is -0.245. The van der Waals surface area contributed by atoms with Gasteiger partial charge in [-0.1, -0.05) is 58.4 Å². The molecule has 1 amide bonds. The number of rotatable bonds is 5. The number of hydrazine groups is 1. The first kappa shape index (κ1) is 16.9. The minimum Gasteiger partial charge on any atom is -0.306 e. The highest BCUT2D eigenvalue weighted by atomic mass is 35.5. The fraction of sp³-hybridized carbons (Fsp3) is 0.118. The lowest BCUT2D eigenvalue weighted by Crippen LogP contribution is -2.38. The molecule has 7 nitrogen and oxygen atoms in total. The third kappa shape index (κ3) is 3.15. The molecular weight excluding hydrogens is 374 g/mol. The Labute approximate surface area is 158 Å². The van der Waals surface area contributed by atoms with Crippen molar-refractivity contribution in [1.29, 1.82) is 0 Å². The highest BCUT2D eigenvalue weighted by molar-refractivity contribution is 7.13. The molecule has 26 heavy (non-hydrogen) atoms. The minimum absolute atomic E-state index is 0.245. The Kier molecular flexibility index (Phi) is 4.56. The van der Waals surface area contributed by atoms with Crippen LogP contribution in [0.25, 0.3) is 0 Å². The van der Waals surface area contributed by atoms with Crippen LogP contribution in [0, 0.1) is 0 Å². The number of hydrogen-bond donors (Lipinski definition) is 2. The molecule has 0 fully saturated rings. The highest BCUT2D eigenvalue weighted by Gasteiger charge is 2.41. The van der Waals surface area contributed by atoms with E-state index in [0.29, 0.717) is 22.3 Å². The fourth-order valence-corrected chi connectivity index (χ4v) is 3.61. The molecule has 9 heteroatoms. The van der Waals surface area contributed by atoms with Gasteiger partial charge in [0.25, 0.3) is 5.91 Å². The lowest BCUT2D eigenvalue weighted by Gasteiger charge is -2.22. The molecule has 0 radical (unpaired) electrons. The number of hydrogen-bond acceptors (Lipinski definition) is 7. The quantitative estimate of drug-likeness (QED) is 0.652. The molecule has 132 valence electrons. The molecule has 0 saturated carbocycles. The van der Waals surface area contributed by atoms with Gasteiger partial charge in [-0.25, -0.2) is 0 Å². The number of hydroxylamine groups is 1. The Morgan fingerprint density at radius 1 is 1.27 bits per heavy atom. The predicted octanol–water partition coefficient (Wildman–Crippen LogP) is 3.50. The van der Waals surface area contributed by atoms with Crippen molar-refractivity contribution in [1.82, 2.24) is 15.4 Å². The van der Waals surface area contributed by atoms with Gasteiger partial charge in [0.15, 0.2) is 6.04 Å². The maximum atomic E-state index is 13.0. The predicted molar refractivity (Wildman–Crippen MR) is 99.0 cm³/mol. The smallest absolute Gasteiger partial charge is 0.253 e. The van der Waals surface area contributed by atoms with Gasteiger partial charge in [-0.2, -0.15) is 0 Å². The van der Waals surface area contributed by atoms with Crippen molar-refractivity contribution in [3.05, 3.63) is 70.2 Å². The summed E-state index contributed by atoms with van der Waals surface area (Å²) in [5, 5.41) is 19.8. The maximum absolute atomic E-state index is 13.0. The van der Waals surface area contributed by atoms with Gasteiger partial charge in [-0.3, -0.25) is 15.4 Å². The van der Waals surface area contributed by atoms with Crippen LogP contribution in [-0.4, -0.2) is 26.5 Å². The number of halogens is 1. The van der Waals surface area contributed by atoms with E-state index in [1.54, 1.807) is 11.0 Å². The van der Waals surface area contributed by atoms with E-state index in [1.807, 2.05) is 42.5 Å². The van der Waals surface area contributed by atoms with E-state index in [1.165, 1.54) is 16.8 Å². The van der Waals surface area contributed by atoms with Crippen molar-refractivity contribution in [3.63, 3.8) is 0 Å². The number of aromatic nitrogens is 2. The zero-order valence-corrected chi connectivity index (χ0v) is 15.0. The maximum Gasteiger partial charge on any atom is 0.253 e. The first-order valence-corrected chi connectivity index (χ1v) is 9.05. The van der Waals surface area contributed by atoms with Gasteiger partial charge in [0, 0.05) is 16.3 Å². The molecule has 1 unspecified atom stereocenters. The van der Waals surface area contributed by atoms with Crippen LogP contribution in [0.15, 0.2) is 54.0 Å². The van der Waals surface area contributed by atoms with Crippen molar-refractivity contribution in [2.24, 2.45) is 0 Å². The van der Waals surface area contributed by atoms with E-state index < -0.39 is 6.04 Å². The lowest BCUT2D eigenvalue weighted by molar-refractivity contribution is -0.143. The van der Waals surface area contributed by atoms with E-state index in [2.05, 4.69) is 15.6 Å². The summed E-state index contributed by atoms with van der Waals surface area (Å²) >= 11 is 7.28. The van der Waals surface area contributed by atoms with Crippen LogP contribution in [0.5, 0.6) is 0 Å². The van der Waals surface area contributed by atoms with Gasteiger partial charge >= 0.3 is 0 Å². The Morgan fingerprint density at radius 2 is 2.12 bits per heavy atom. The summed E-state index contributed by atoms with van der Waals surface area (Å²) < 4.78 is 0. The van der Waals surface area contributed by atoms with Crippen molar-refractivity contribution in [2.75, 3.05) is 10.3 Å². The summed E-state index contributed by atoms with van der Waals surface area (Å²) in [4.78, 5) is 14.7. The molecule has 1 aromatic heterocycles. The van der Waals surface area contributed by atoms with Gasteiger partial charge in [0.2, 0.25) is 5.13 Å². The van der Waals surface area contributed by atoms with Crippen molar-refractivity contribution in [3.8, 4) is 0 Å². The van der Waals surface area contributed by atoms with Gasteiger partial charge in [0.1, 0.15) is 5.51 Å². The molecule has 0 saturated heterocycles. The molecule has 4 rings (SSSR count). The summed E-state index contributed by atoms with van der Waals surface area (Å²) in [6.07, 6.45) is 0. The number of fused-ring (bicyclic) bond motifs is 1. The minimum atomic E-state index is -0.880. The van der Waals surface area contributed by atoms with E-state index >= 15 is 0 Å². The molecule has 0 spiro atoms. The second-order valence-electron chi connectivity index (χ2n) is 5.72. The van der Waals surface area contributed by atoms with Crippen LogP contribution < -0.4 is 10.3 Å². The van der Waals surface area contributed by atoms with Crippen LogP contribution in [0.2, 0.25) is 5.02 Å². The number of anilines is 2. The third-order valence-electron chi connectivity index (χ3n) is 4.07. The first-order valence-electron chi connectivity index (χ1n) is 7.79. The van der Waals surface area contributed by atoms with Crippen molar-refractivity contribution >= 4 is 39.7 Å². The molecule has 2 heterocycles. The van der Waals surface area contributed by atoms with Gasteiger partial charge in [-0.05, 0) is 23.8 Å². The summed E-state index contributed by atoms with van der Waals surface area (Å²) in [5.41, 5.74) is 6.59. The SMILES string of the molecule is O=C1C(N(O)Nc2nncs2)c2ccccc2N1Cc1cccc(Cl)c1. The molecule has 2 aromatic carbocycles. The first-order chi connectivity index (χ1) is 12.6. The number of benzene rings is 2. The second-order valence-corrected chi connectivity index (χ2v) is 6.99. The Morgan fingerprint density at radius 3 is 2.88 bits per heavy atom. The van der Waals surface area contributed by atoms with E-state index in [9.17, 15) is 10.0 Å². The van der Waals surface area contributed by atoms with Crippen molar-refractivity contribution in [2.45, 2.75) is 12.6 Å². The average Bonchev–Trinajstić information content (AvgIpc) is 3.22. The van der Waals surface area contributed by atoms with Crippen LogP contribution in [0.3, 0.4) is 0 Å². The molecule has 1 aliphatic heterocycles. The number of carbonyl (C=O) groups excluding carboxylic acids is 1. The van der Waals surface area contributed by atoms with Gasteiger partial charge in [0.05, 0.1) is 6.54 Å². The molecule has 0 bridgehead atoms. The molecule has 2 N–H and O–H groups in total. The fourth-order valence-electron chi connectivity index (χ4n) is 2.97. The highest BCUT2D eigenvalue weighted by Crippen LogP contribution is 2.39. The van der Waals surface area contributed by atoms with E-state index in [-0.39, 0.29) is 5.91 Å². The molecule has 1 aliphatic rings. The Balaban J connectivity index is 1.64. The van der Waals surface area contributed by atoms with Gasteiger partial charge < -0.3 is 4.90 Å². The number of amides is 1. The molecular formula is C17H14ClN5O2S. The van der Waals surface area contributed by atoms with Crippen LogP contribution in [-0.2, 0) is 11.3 Å². The van der Waals surface area contributed by atoms with Crippen LogP contribution >= 0.6 is 22.9 Å². The normalized spacial score (nSPS) is 16.2. The topological polar surface area (TPSA) is 81.6 Å². The van der Waals surface area contributed by atoms with E-state index in [4.69, 9.17) is 11.6 Å². The monoisotopic (exact) mass is 387 g/mol. The largest absolute Gasteiger partial charge is 0.306 e.